The first kappa shape index (κ1) is 16.7. The summed E-state index contributed by atoms with van der Waals surface area (Å²) >= 11 is 1.47. The molecule has 1 aromatic carbocycles. The van der Waals surface area contributed by atoms with E-state index < -0.39 is 0 Å². The number of rotatable bonds is 4. The average Bonchev–Trinajstić information content (AvgIpc) is 3.30. The monoisotopic (exact) mass is 370 g/mol. The summed E-state index contributed by atoms with van der Waals surface area (Å²) < 4.78 is 6.13. The predicted molar refractivity (Wildman–Crippen MR) is 97.9 cm³/mol. The molecule has 4 rings (SSSR count). The van der Waals surface area contributed by atoms with Gasteiger partial charge in [-0.3, -0.25) is 14.5 Å². The molecular weight excluding hydrogens is 352 g/mol. The van der Waals surface area contributed by atoms with Gasteiger partial charge in [-0.15, -0.1) is 0 Å². The number of aromatic nitrogens is 2. The Kier molecular flexibility index (Phi) is 4.20. The number of aryl methyl sites for hydroxylation is 2. The molecular formula is C18H18N4O3S. The number of benzene rings is 1. The number of carbonyl (C=O) groups excluding carboxylic acids is 2. The van der Waals surface area contributed by atoms with E-state index in [1.54, 1.807) is 4.90 Å². The van der Waals surface area contributed by atoms with Gasteiger partial charge in [0.2, 0.25) is 11.8 Å². The molecule has 0 saturated carbocycles. The fourth-order valence-electron chi connectivity index (χ4n) is 3.12. The first-order chi connectivity index (χ1) is 12.5. The van der Waals surface area contributed by atoms with Gasteiger partial charge in [0, 0.05) is 25.1 Å². The maximum absolute atomic E-state index is 12.5. The minimum absolute atomic E-state index is 0.0680. The quantitative estimate of drug-likeness (QED) is 0.762. The lowest BCUT2D eigenvalue weighted by Gasteiger charge is -2.13. The molecule has 0 aliphatic carbocycles. The molecule has 26 heavy (non-hydrogen) atoms. The van der Waals surface area contributed by atoms with Crippen molar-refractivity contribution in [3.05, 3.63) is 41.3 Å². The molecule has 1 saturated heterocycles. The summed E-state index contributed by atoms with van der Waals surface area (Å²) in [5.74, 6) is 0.111. The van der Waals surface area contributed by atoms with Gasteiger partial charge in [0.1, 0.15) is 5.76 Å². The van der Waals surface area contributed by atoms with Crippen LogP contribution in [0.15, 0.2) is 28.8 Å². The Morgan fingerprint density at radius 2 is 2.19 bits per heavy atom. The van der Waals surface area contributed by atoms with Gasteiger partial charge in [-0.1, -0.05) is 28.6 Å². The van der Waals surface area contributed by atoms with E-state index in [1.807, 2.05) is 38.1 Å². The van der Waals surface area contributed by atoms with Crippen LogP contribution in [0.25, 0.3) is 10.2 Å². The number of nitrogens with zero attached hydrogens (tertiary/aromatic N) is 3. The van der Waals surface area contributed by atoms with Crippen molar-refractivity contribution in [3.8, 4) is 0 Å². The second kappa shape index (κ2) is 6.53. The van der Waals surface area contributed by atoms with Crippen LogP contribution in [0, 0.1) is 19.8 Å². The number of thiazole rings is 1. The van der Waals surface area contributed by atoms with Crippen LogP contribution in [0.4, 0.5) is 5.13 Å². The molecule has 0 bridgehead atoms. The molecule has 3 heterocycles. The van der Waals surface area contributed by atoms with Crippen molar-refractivity contribution in [1.29, 1.82) is 0 Å². The zero-order chi connectivity index (χ0) is 18.3. The van der Waals surface area contributed by atoms with Crippen LogP contribution in [-0.4, -0.2) is 28.5 Å². The topological polar surface area (TPSA) is 88.3 Å². The first-order valence-corrected chi connectivity index (χ1v) is 9.20. The Morgan fingerprint density at radius 3 is 2.92 bits per heavy atom. The van der Waals surface area contributed by atoms with E-state index in [0.717, 1.165) is 21.5 Å². The zero-order valence-electron chi connectivity index (χ0n) is 14.5. The lowest BCUT2D eigenvalue weighted by Crippen LogP contribution is -2.32. The second-order valence-electron chi connectivity index (χ2n) is 6.39. The van der Waals surface area contributed by atoms with Crippen LogP contribution >= 0.6 is 11.3 Å². The molecule has 1 unspecified atom stereocenters. The predicted octanol–water partition coefficient (Wildman–Crippen LogP) is 2.57. The largest absolute Gasteiger partial charge is 0.361 e. The Bertz CT molecular complexity index is 941. The summed E-state index contributed by atoms with van der Waals surface area (Å²) in [7, 11) is 0. The normalized spacial score (nSPS) is 17.2. The van der Waals surface area contributed by atoms with Gasteiger partial charge >= 0.3 is 0 Å². The highest BCUT2D eigenvalue weighted by molar-refractivity contribution is 7.22. The Balaban J connectivity index is 1.44. The molecule has 2 amide bonds. The van der Waals surface area contributed by atoms with E-state index in [-0.39, 0.29) is 24.2 Å². The van der Waals surface area contributed by atoms with Crippen molar-refractivity contribution in [2.24, 2.45) is 5.92 Å². The Morgan fingerprint density at radius 1 is 1.38 bits per heavy atom. The van der Waals surface area contributed by atoms with Crippen molar-refractivity contribution < 1.29 is 14.1 Å². The van der Waals surface area contributed by atoms with Gasteiger partial charge in [-0.2, -0.15) is 0 Å². The number of hydrogen-bond acceptors (Lipinski definition) is 6. The van der Waals surface area contributed by atoms with Gasteiger partial charge in [-0.25, -0.2) is 4.98 Å². The maximum atomic E-state index is 12.5. The zero-order valence-corrected chi connectivity index (χ0v) is 15.3. The lowest BCUT2D eigenvalue weighted by atomic mass is 10.1. The fourth-order valence-corrected chi connectivity index (χ4v) is 4.11. The summed E-state index contributed by atoms with van der Waals surface area (Å²) in [6.45, 7) is 4.36. The first-order valence-electron chi connectivity index (χ1n) is 8.38. The van der Waals surface area contributed by atoms with E-state index in [0.29, 0.717) is 24.0 Å². The molecule has 2 aromatic heterocycles. The maximum Gasteiger partial charge on any atom is 0.229 e. The van der Waals surface area contributed by atoms with Crippen LogP contribution in [-0.2, 0) is 16.1 Å². The molecule has 134 valence electrons. The molecule has 1 aliphatic rings. The highest BCUT2D eigenvalue weighted by Gasteiger charge is 2.36. The summed E-state index contributed by atoms with van der Waals surface area (Å²) in [5.41, 5.74) is 2.51. The van der Waals surface area contributed by atoms with Crippen LogP contribution in [0.1, 0.15) is 23.4 Å². The van der Waals surface area contributed by atoms with E-state index in [9.17, 15) is 9.59 Å². The molecule has 1 N–H and O–H groups in total. The summed E-state index contributed by atoms with van der Waals surface area (Å²) in [6.07, 6.45) is 0.198. The van der Waals surface area contributed by atoms with E-state index >= 15 is 0 Å². The van der Waals surface area contributed by atoms with Gasteiger partial charge in [0.15, 0.2) is 5.13 Å². The van der Waals surface area contributed by atoms with E-state index in [4.69, 9.17) is 4.52 Å². The standard InChI is InChI=1S/C18H18N4O3S/c1-10-13(11(2)25-21-10)8-19-17(24)12-7-16(23)22(9-12)18-20-14-5-3-4-6-15(14)26-18/h3-6,12H,7-9H2,1-2H3,(H,19,24). The minimum Gasteiger partial charge on any atom is -0.361 e. The van der Waals surface area contributed by atoms with Crippen molar-refractivity contribution >= 4 is 38.5 Å². The lowest BCUT2D eigenvalue weighted by molar-refractivity contribution is -0.126. The Labute approximate surface area is 154 Å². The van der Waals surface area contributed by atoms with Crippen molar-refractivity contribution in [2.75, 3.05) is 11.4 Å². The van der Waals surface area contributed by atoms with E-state index in [1.165, 1.54) is 11.3 Å². The van der Waals surface area contributed by atoms with Gasteiger partial charge < -0.3 is 9.84 Å². The van der Waals surface area contributed by atoms with Gasteiger partial charge in [0.05, 0.1) is 21.8 Å². The molecule has 7 nitrogen and oxygen atoms in total. The summed E-state index contributed by atoms with van der Waals surface area (Å²) in [5, 5.41) is 7.42. The number of carbonyl (C=O) groups is 2. The molecule has 3 aromatic rings. The van der Waals surface area contributed by atoms with Crippen molar-refractivity contribution in [2.45, 2.75) is 26.8 Å². The van der Waals surface area contributed by atoms with Crippen molar-refractivity contribution in [3.63, 3.8) is 0 Å². The Hall–Kier alpha value is -2.74. The SMILES string of the molecule is Cc1noc(C)c1CNC(=O)C1CC(=O)N(c2nc3ccccc3s2)C1. The number of amides is 2. The third-order valence-corrected chi connectivity index (χ3v) is 5.69. The molecule has 1 fully saturated rings. The highest BCUT2D eigenvalue weighted by atomic mass is 32.1. The number of anilines is 1. The molecule has 1 atom stereocenters. The number of fused-ring (bicyclic) bond motifs is 1. The highest BCUT2D eigenvalue weighted by Crippen LogP contribution is 2.32. The molecule has 0 spiro atoms. The average molecular weight is 370 g/mol. The van der Waals surface area contributed by atoms with E-state index in [2.05, 4.69) is 15.5 Å². The third kappa shape index (κ3) is 2.96. The van der Waals surface area contributed by atoms with Gasteiger partial charge in [0.25, 0.3) is 0 Å². The van der Waals surface area contributed by atoms with Crippen LogP contribution in [0.5, 0.6) is 0 Å². The summed E-state index contributed by atoms with van der Waals surface area (Å²) in [4.78, 5) is 31.0. The van der Waals surface area contributed by atoms with Crippen LogP contribution in [0.3, 0.4) is 0 Å². The smallest absolute Gasteiger partial charge is 0.229 e. The molecule has 1 aliphatic heterocycles. The van der Waals surface area contributed by atoms with Gasteiger partial charge in [-0.05, 0) is 26.0 Å². The summed E-state index contributed by atoms with van der Waals surface area (Å²) in [6, 6.07) is 7.76. The van der Waals surface area contributed by atoms with Crippen LogP contribution < -0.4 is 10.2 Å². The number of hydrogen-bond donors (Lipinski definition) is 1. The minimum atomic E-state index is -0.380. The number of para-hydroxylation sites is 1. The third-order valence-electron chi connectivity index (χ3n) is 4.63. The number of nitrogens with one attached hydrogen (secondary N) is 1. The second-order valence-corrected chi connectivity index (χ2v) is 7.40. The fraction of sp³-hybridized carbons (Fsp3) is 0.333. The van der Waals surface area contributed by atoms with Crippen LogP contribution in [0.2, 0.25) is 0 Å². The molecule has 8 heteroatoms. The molecule has 0 radical (unpaired) electrons. The van der Waals surface area contributed by atoms with Crippen molar-refractivity contribution in [1.82, 2.24) is 15.5 Å².